The molecule has 0 saturated carbocycles. The molecular weight excluding hydrogens is 336 g/mol. The number of carbonyl (C=O) groups is 1. The van der Waals surface area contributed by atoms with Crippen LogP contribution in [-0.2, 0) is 0 Å². The Labute approximate surface area is 140 Å². The van der Waals surface area contributed by atoms with E-state index in [1.54, 1.807) is 18.2 Å². The molecule has 0 radical (unpaired) electrons. The van der Waals surface area contributed by atoms with E-state index in [0.29, 0.717) is 16.1 Å². The molecule has 2 aromatic carbocycles. The van der Waals surface area contributed by atoms with E-state index in [2.05, 4.69) is 15.5 Å². The summed E-state index contributed by atoms with van der Waals surface area (Å²) >= 11 is 5.83. The Kier molecular flexibility index (Phi) is 4.21. The van der Waals surface area contributed by atoms with Gasteiger partial charge in [-0.3, -0.25) is 20.2 Å². The number of hydrogen-bond acceptors (Lipinski definition) is 6. The number of halogens is 1. The summed E-state index contributed by atoms with van der Waals surface area (Å²) in [5, 5.41) is 21.0. The molecule has 0 saturated heterocycles. The van der Waals surface area contributed by atoms with Crippen LogP contribution < -0.4 is 5.32 Å². The van der Waals surface area contributed by atoms with Gasteiger partial charge in [0.25, 0.3) is 11.6 Å². The minimum atomic E-state index is -0.506. The summed E-state index contributed by atoms with van der Waals surface area (Å²) in [6, 6.07) is 11.9. The van der Waals surface area contributed by atoms with Gasteiger partial charge in [-0.15, -0.1) is 5.10 Å². The van der Waals surface area contributed by atoms with Crippen LogP contribution in [0.4, 0.5) is 11.7 Å². The molecule has 3 aromatic rings. The van der Waals surface area contributed by atoms with Gasteiger partial charge >= 0.3 is 6.01 Å². The summed E-state index contributed by atoms with van der Waals surface area (Å²) < 4.78 is 5.34. The SMILES string of the molecule is O=C(Nc1nnc(-c2ccc([N+](=O)[O-])cc2)o1)c1cccc(Cl)c1. The van der Waals surface area contributed by atoms with Crippen LogP contribution in [0.2, 0.25) is 5.02 Å². The zero-order valence-corrected chi connectivity index (χ0v) is 12.7. The molecule has 120 valence electrons. The Morgan fingerprint density at radius 3 is 2.58 bits per heavy atom. The number of non-ortho nitro benzene ring substituents is 1. The molecule has 0 spiro atoms. The second-order valence-electron chi connectivity index (χ2n) is 4.68. The minimum Gasteiger partial charge on any atom is -0.403 e. The van der Waals surface area contributed by atoms with Crippen LogP contribution in [0.15, 0.2) is 52.9 Å². The number of aromatic nitrogens is 2. The summed E-state index contributed by atoms with van der Waals surface area (Å²) in [4.78, 5) is 22.2. The summed E-state index contributed by atoms with van der Waals surface area (Å²) in [6.07, 6.45) is 0. The highest BCUT2D eigenvalue weighted by Crippen LogP contribution is 2.23. The molecule has 1 N–H and O–H groups in total. The highest BCUT2D eigenvalue weighted by molar-refractivity contribution is 6.31. The fourth-order valence-corrected chi connectivity index (χ4v) is 2.11. The maximum Gasteiger partial charge on any atom is 0.322 e. The second kappa shape index (κ2) is 6.47. The average Bonchev–Trinajstić information content (AvgIpc) is 3.03. The largest absolute Gasteiger partial charge is 0.403 e. The van der Waals surface area contributed by atoms with E-state index in [0.717, 1.165) is 0 Å². The summed E-state index contributed by atoms with van der Waals surface area (Å²) in [5.41, 5.74) is 0.793. The van der Waals surface area contributed by atoms with Crippen molar-refractivity contribution in [3.63, 3.8) is 0 Å². The van der Waals surface area contributed by atoms with Crippen molar-refractivity contribution < 1.29 is 14.1 Å². The first-order valence-corrected chi connectivity index (χ1v) is 7.06. The molecule has 0 aliphatic rings. The van der Waals surface area contributed by atoms with Gasteiger partial charge in [-0.05, 0) is 30.3 Å². The van der Waals surface area contributed by atoms with Gasteiger partial charge in [0, 0.05) is 28.3 Å². The molecule has 0 atom stereocenters. The van der Waals surface area contributed by atoms with Crippen LogP contribution in [0, 0.1) is 10.1 Å². The standard InChI is InChI=1S/C15H9ClN4O4/c16-11-3-1-2-10(8-11)13(21)17-15-19-18-14(24-15)9-4-6-12(7-5-9)20(22)23/h1-8H,(H,17,19,21). The maximum atomic E-state index is 12.1. The molecule has 0 aliphatic heterocycles. The molecule has 3 rings (SSSR count). The Morgan fingerprint density at radius 2 is 1.92 bits per heavy atom. The second-order valence-corrected chi connectivity index (χ2v) is 5.12. The lowest BCUT2D eigenvalue weighted by Gasteiger charge is -2.00. The lowest BCUT2D eigenvalue weighted by atomic mass is 10.2. The van der Waals surface area contributed by atoms with Gasteiger partial charge in [0.2, 0.25) is 5.89 Å². The normalized spacial score (nSPS) is 10.4. The third kappa shape index (κ3) is 3.39. The Bertz CT molecular complexity index is 908. The van der Waals surface area contributed by atoms with Crippen LogP contribution in [0.3, 0.4) is 0 Å². The average molecular weight is 345 g/mol. The van der Waals surface area contributed by atoms with E-state index in [1.165, 1.54) is 30.3 Å². The Balaban J connectivity index is 1.75. The fourth-order valence-electron chi connectivity index (χ4n) is 1.92. The van der Waals surface area contributed by atoms with Crippen LogP contribution in [-0.4, -0.2) is 21.0 Å². The van der Waals surface area contributed by atoms with Gasteiger partial charge in [-0.25, -0.2) is 0 Å². The van der Waals surface area contributed by atoms with Gasteiger partial charge in [0.15, 0.2) is 0 Å². The molecule has 24 heavy (non-hydrogen) atoms. The molecule has 0 unspecified atom stereocenters. The van der Waals surface area contributed by atoms with Crippen molar-refractivity contribution in [2.45, 2.75) is 0 Å². The van der Waals surface area contributed by atoms with Crippen molar-refractivity contribution in [1.29, 1.82) is 0 Å². The Morgan fingerprint density at radius 1 is 1.17 bits per heavy atom. The van der Waals surface area contributed by atoms with Crippen LogP contribution in [0.25, 0.3) is 11.5 Å². The molecule has 1 amide bonds. The first-order valence-electron chi connectivity index (χ1n) is 6.68. The smallest absolute Gasteiger partial charge is 0.322 e. The summed E-state index contributed by atoms with van der Waals surface area (Å²) in [6.45, 7) is 0. The predicted octanol–water partition coefficient (Wildman–Crippen LogP) is 3.55. The lowest BCUT2D eigenvalue weighted by Crippen LogP contribution is -2.11. The van der Waals surface area contributed by atoms with Crippen molar-refractivity contribution in [3.05, 3.63) is 69.2 Å². The van der Waals surface area contributed by atoms with Crippen LogP contribution in [0.5, 0.6) is 0 Å². The van der Waals surface area contributed by atoms with Gasteiger partial charge in [0.05, 0.1) is 4.92 Å². The molecule has 1 aromatic heterocycles. The number of nitro groups is 1. The number of anilines is 1. The number of hydrogen-bond donors (Lipinski definition) is 1. The van der Waals surface area contributed by atoms with Crippen LogP contribution >= 0.6 is 11.6 Å². The van der Waals surface area contributed by atoms with E-state index in [9.17, 15) is 14.9 Å². The first kappa shape index (κ1) is 15.6. The number of carbonyl (C=O) groups excluding carboxylic acids is 1. The molecule has 1 heterocycles. The van der Waals surface area contributed by atoms with Crippen molar-refractivity contribution >= 4 is 29.2 Å². The van der Waals surface area contributed by atoms with Crippen molar-refractivity contribution in [2.75, 3.05) is 5.32 Å². The summed E-state index contributed by atoms with van der Waals surface area (Å²) in [7, 11) is 0. The highest BCUT2D eigenvalue weighted by atomic mass is 35.5. The monoisotopic (exact) mass is 344 g/mol. The lowest BCUT2D eigenvalue weighted by molar-refractivity contribution is -0.384. The van der Waals surface area contributed by atoms with E-state index in [-0.39, 0.29) is 17.6 Å². The Hall–Kier alpha value is -3.26. The third-order valence-electron chi connectivity index (χ3n) is 3.06. The molecule has 9 heteroatoms. The van der Waals surface area contributed by atoms with Gasteiger partial charge in [0.1, 0.15) is 0 Å². The zero-order chi connectivity index (χ0) is 17.1. The molecule has 0 bridgehead atoms. The topological polar surface area (TPSA) is 111 Å². The molecular formula is C15H9ClN4O4. The quantitative estimate of drug-likeness (QED) is 0.572. The number of nitro benzene ring substituents is 1. The fraction of sp³-hybridized carbons (Fsp3) is 0. The van der Waals surface area contributed by atoms with E-state index in [1.807, 2.05) is 0 Å². The van der Waals surface area contributed by atoms with Crippen molar-refractivity contribution in [2.24, 2.45) is 0 Å². The highest BCUT2D eigenvalue weighted by Gasteiger charge is 2.14. The van der Waals surface area contributed by atoms with Gasteiger partial charge in [-0.1, -0.05) is 22.8 Å². The molecule has 8 nitrogen and oxygen atoms in total. The zero-order valence-electron chi connectivity index (χ0n) is 12.0. The van der Waals surface area contributed by atoms with Crippen molar-refractivity contribution in [1.82, 2.24) is 10.2 Å². The van der Waals surface area contributed by atoms with Crippen LogP contribution in [0.1, 0.15) is 10.4 Å². The predicted molar refractivity (Wildman–Crippen MR) is 85.8 cm³/mol. The number of nitrogens with zero attached hydrogens (tertiary/aromatic N) is 3. The maximum absolute atomic E-state index is 12.1. The first-order chi connectivity index (χ1) is 11.5. The summed E-state index contributed by atoms with van der Waals surface area (Å²) in [5.74, 6) is -0.317. The van der Waals surface area contributed by atoms with E-state index >= 15 is 0 Å². The molecule has 0 aliphatic carbocycles. The van der Waals surface area contributed by atoms with Gasteiger partial charge < -0.3 is 4.42 Å². The molecule has 0 fully saturated rings. The number of nitrogens with one attached hydrogen (secondary N) is 1. The number of rotatable bonds is 4. The number of amides is 1. The number of benzene rings is 2. The minimum absolute atomic E-state index is 0.0484. The van der Waals surface area contributed by atoms with Gasteiger partial charge in [-0.2, -0.15) is 0 Å². The van der Waals surface area contributed by atoms with E-state index in [4.69, 9.17) is 16.0 Å². The van der Waals surface area contributed by atoms with E-state index < -0.39 is 10.8 Å². The van der Waals surface area contributed by atoms with Crippen molar-refractivity contribution in [3.8, 4) is 11.5 Å². The third-order valence-corrected chi connectivity index (χ3v) is 3.29.